The van der Waals surface area contributed by atoms with Gasteiger partial charge in [0.1, 0.15) is 5.84 Å². The molecule has 2 rings (SSSR count). The fourth-order valence-corrected chi connectivity index (χ4v) is 2.94. The van der Waals surface area contributed by atoms with E-state index in [1.165, 1.54) is 6.07 Å². The summed E-state index contributed by atoms with van der Waals surface area (Å²) >= 11 is 5.67. The second-order valence-electron chi connectivity index (χ2n) is 5.84. The van der Waals surface area contributed by atoms with E-state index in [1.54, 1.807) is 6.07 Å². The first-order valence-corrected chi connectivity index (χ1v) is 8.49. The highest BCUT2D eigenvalue weighted by molar-refractivity contribution is 6.31. The fraction of sp³-hybridized carbons (Fsp3) is 0.588. The van der Waals surface area contributed by atoms with Gasteiger partial charge in [-0.25, -0.2) is 4.99 Å². The van der Waals surface area contributed by atoms with Gasteiger partial charge in [-0.15, -0.1) is 0 Å². The highest BCUT2D eigenvalue weighted by Gasteiger charge is 2.33. The molecule has 1 fully saturated rings. The van der Waals surface area contributed by atoms with Gasteiger partial charge in [-0.1, -0.05) is 31.4 Å². The third kappa shape index (κ3) is 5.13. The predicted octanol–water partition coefficient (Wildman–Crippen LogP) is 6.06. The molecule has 1 saturated heterocycles. The summed E-state index contributed by atoms with van der Waals surface area (Å²) in [5.41, 5.74) is -0.505. The van der Waals surface area contributed by atoms with Crippen LogP contribution < -0.4 is 0 Å². The van der Waals surface area contributed by atoms with Crippen LogP contribution in [0.5, 0.6) is 0 Å². The first-order valence-electron chi connectivity index (χ1n) is 8.11. The number of alkyl halides is 3. The molecule has 128 valence electrons. The van der Waals surface area contributed by atoms with Crippen LogP contribution in [-0.4, -0.2) is 23.8 Å². The van der Waals surface area contributed by atoms with E-state index in [0.717, 1.165) is 63.5 Å². The molecule has 0 amide bonds. The molecule has 23 heavy (non-hydrogen) atoms. The second kappa shape index (κ2) is 8.04. The Labute approximate surface area is 140 Å². The maximum Gasteiger partial charge on any atom is 0.417 e. The number of nitrogens with zero attached hydrogens (tertiary/aromatic N) is 2. The summed E-state index contributed by atoms with van der Waals surface area (Å²) in [6, 6.07) is 3.86. The molecule has 1 heterocycles. The van der Waals surface area contributed by atoms with Crippen molar-refractivity contribution in [3.8, 4) is 0 Å². The first kappa shape index (κ1) is 18.1. The molecule has 0 atom stereocenters. The molecular formula is C17H22ClF3N2. The van der Waals surface area contributed by atoms with Crippen LogP contribution in [0.1, 0.15) is 51.0 Å². The SMILES string of the molecule is CCCCN1CCCCC/C1=N/c1ccc(Cl)c(C(F)(F)F)c1. The van der Waals surface area contributed by atoms with Crippen LogP contribution in [0, 0.1) is 0 Å². The largest absolute Gasteiger partial charge is 0.417 e. The zero-order valence-corrected chi connectivity index (χ0v) is 14.1. The molecule has 0 N–H and O–H groups in total. The Balaban J connectivity index is 2.29. The molecular weight excluding hydrogens is 325 g/mol. The molecule has 1 aromatic rings. The minimum Gasteiger partial charge on any atom is -0.360 e. The number of unbranched alkanes of at least 4 members (excludes halogenated alkanes) is 1. The summed E-state index contributed by atoms with van der Waals surface area (Å²) in [6.45, 7) is 3.97. The molecule has 0 radical (unpaired) electrons. The Morgan fingerprint density at radius 1 is 1.22 bits per heavy atom. The molecule has 0 saturated carbocycles. The molecule has 0 aromatic heterocycles. The first-order chi connectivity index (χ1) is 10.9. The van der Waals surface area contributed by atoms with Crippen molar-refractivity contribution in [3.05, 3.63) is 28.8 Å². The van der Waals surface area contributed by atoms with E-state index < -0.39 is 11.7 Å². The third-order valence-electron chi connectivity index (χ3n) is 3.99. The van der Waals surface area contributed by atoms with Crippen LogP contribution in [0.4, 0.5) is 18.9 Å². The minimum atomic E-state index is -4.46. The molecule has 1 aliphatic heterocycles. The van der Waals surface area contributed by atoms with E-state index in [0.29, 0.717) is 5.69 Å². The van der Waals surface area contributed by atoms with Gasteiger partial charge in [0.05, 0.1) is 16.3 Å². The van der Waals surface area contributed by atoms with Gasteiger partial charge < -0.3 is 4.90 Å². The maximum atomic E-state index is 13.0. The Morgan fingerprint density at radius 3 is 2.70 bits per heavy atom. The lowest BCUT2D eigenvalue weighted by molar-refractivity contribution is -0.137. The van der Waals surface area contributed by atoms with Crippen molar-refractivity contribution >= 4 is 23.1 Å². The topological polar surface area (TPSA) is 15.6 Å². The highest BCUT2D eigenvalue weighted by atomic mass is 35.5. The quantitative estimate of drug-likeness (QED) is 0.646. The lowest BCUT2D eigenvalue weighted by atomic mass is 10.2. The van der Waals surface area contributed by atoms with E-state index in [4.69, 9.17) is 11.6 Å². The van der Waals surface area contributed by atoms with E-state index in [-0.39, 0.29) is 5.02 Å². The van der Waals surface area contributed by atoms with Gasteiger partial charge in [-0.05, 0) is 37.5 Å². The molecule has 1 aromatic carbocycles. The number of benzene rings is 1. The van der Waals surface area contributed by atoms with E-state index >= 15 is 0 Å². The summed E-state index contributed by atoms with van der Waals surface area (Å²) < 4.78 is 38.9. The summed E-state index contributed by atoms with van der Waals surface area (Å²) in [5.74, 6) is 0.895. The van der Waals surface area contributed by atoms with Crippen LogP contribution in [0.15, 0.2) is 23.2 Å². The van der Waals surface area contributed by atoms with E-state index in [1.807, 2.05) is 0 Å². The van der Waals surface area contributed by atoms with Crippen molar-refractivity contribution < 1.29 is 13.2 Å². The monoisotopic (exact) mass is 346 g/mol. The van der Waals surface area contributed by atoms with Gasteiger partial charge in [0.2, 0.25) is 0 Å². The van der Waals surface area contributed by atoms with Gasteiger partial charge in [0.15, 0.2) is 0 Å². The van der Waals surface area contributed by atoms with E-state index in [2.05, 4.69) is 16.8 Å². The van der Waals surface area contributed by atoms with Crippen molar-refractivity contribution in [2.75, 3.05) is 13.1 Å². The van der Waals surface area contributed by atoms with Crippen molar-refractivity contribution in [1.82, 2.24) is 4.90 Å². The number of likely N-dealkylation sites (tertiary alicyclic amines) is 1. The van der Waals surface area contributed by atoms with Crippen LogP contribution in [-0.2, 0) is 6.18 Å². The predicted molar refractivity (Wildman–Crippen MR) is 88.5 cm³/mol. The van der Waals surface area contributed by atoms with Gasteiger partial charge in [0, 0.05) is 19.5 Å². The van der Waals surface area contributed by atoms with E-state index in [9.17, 15) is 13.2 Å². The Kier molecular flexibility index (Phi) is 6.33. The summed E-state index contributed by atoms with van der Waals surface area (Å²) in [6.07, 6.45) is 1.77. The van der Waals surface area contributed by atoms with Crippen LogP contribution >= 0.6 is 11.6 Å². The zero-order valence-electron chi connectivity index (χ0n) is 13.3. The number of rotatable bonds is 4. The Morgan fingerprint density at radius 2 is 2.00 bits per heavy atom. The van der Waals surface area contributed by atoms with Crippen LogP contribution in [0.2, 0.25) is 5.02 Å². The maximum absolute atomic E-state index is 13.0. The van der Waals surface area contributed by atoms with Gasteiger partial charge in [-0.3, -0.25) is 0 Å². The summed E-state index contributed by atoms with van der Waals surface area (Å²) in [5, 5.41) is -0.287. The highest BCUT2D eigenvalue weighted by Crippen LogP contribution is 2.37. The number of hydrogen-bond acceptors (Lipinski definition) is 1. The summed E-state index contributed by atoms with van der Waals surface area (Å²) in [4.78, 5) is 6.73. The number of amidine groups is 1. The third-order valence-corrected chi connectivity index (χ3v) is 4.32. The number of aliphatic imine (C=N–C) groups is 1. The average molecular weight is 347 g/mol. The second-order valence-corrected chi connectivity index (χ2v) is 6.25. The normalized spacial score (nSPS) is 18.3. The lowest BCUT2D eigenvalue weighted by Gasteiger charge is -2.24. The lowest BCUT2D eigenvalue weighted by Crippen LogP contribution is -2.31. The van der Waals surface area contributed by atoms with Gasteiger partial charge in [0.25, 0.3) is 0 Å². The van der Waals surface area contributed by atoms with Crippen molar-refractivity contribution in [2.24, 2.45) is 4.99 Å². The molecule has 0 aliphatic carbocycles. The average Bonchev–Trinajstić information content (AvgIpc) is 2.71. The molecule has 0 unspecified atom stereocenters. The van der Waals surface area contributed by atoms with Crippen molar-refractivity contribution in [1.29, 1.82) is 0 Å². The van der Waals surface area contributed by atoms with Crippen LogP contribution in [0.3, 0.4) is 0 Å². The zero-order chi connectivity index (χ0) is 16.9. The fourth-order valence-electron chi connectivity index (χ4n) is 2.72. The minimum absolute atomic E-state index is 0.287. The van der Waals surface area contributed by atoms with Gasteiger partial charge >= 0.3 is 6.18 Å². The Hall–Kier alpha value is -1.23. The number of hydrogen-bond donors (Lipinski definition) is 0. The molecule has 0 bridgehead atoms. The smallest absolute Gasteiger partial charge is 0.360 e. The number of halogens is 4. The van der Waals surface area contributed by atoms with Crippen molar-refractivity contribution in [3.63, 3.8) is 0 Å². The molecule has 2 nitrogen and oxygen atoms in total. The summed E-state index contributed by atoms with van der Waals surface area (Å²) in [7, 11) is 0. The van der Waals surface area contributed by atoms with Crippen LogP contribution in [0.25, 0.3) is 0 Å². The molecule has 1 aliphatic rings. The van der Waals surface area contributed by atoms with Gasteiger partial charge in [-0.2, -0.15) is 13.2 Å². The Bertz CT molecular complexity index is 555. The van der Waals surface area contributed by atoms with Crippen molar-refractivity contribution in [2.45, 2.75) is 51.6 Å². The molecule has 0 spiro atoms. The molecule has 6 heteroatoms. The standard InChI is InChI=1S/C17H22ClF3N2/c1-2-3-10-23-11-6-4-5-7-16(23)22-13-8-9-15(18)14(12-13)17(19,20)21/h8-9,12H,2-7,10-11H2,1H3/b22-16-.